The lowest BCUT2D eigenvalue weighted by Crippen LogP contribution is -2.08. The lowest BCUT2D eigenvalue weighted by molar-refractivity contribution is -0.129. The molecule has 0 amide bonds. The molecular formula is C25H34N2O2. The van der Waals surface area contributed by atoms with Gasteiger partial charge in [0.25, 0.3) is 0 Å². The van der Waals surface area contributed by atoms with E-state index in [1.54, 1.807) is 12.4 Å². The van der Waals surface area contributed by atoms with Crippen molar-refractivity contribution >= 4 is 5.97 Å². The van der Waals surface area contributed by atoms with Gasteiger partial charge in [-0.25, -0.2) is 14.8 Å². The first-order chi connectivity index (χ1) is 14.2. The highest BCUT2D eigenvalue weighted by Gasteiger charge is 2.09. The van der Waals surface area contributed by atoms with E-state index in [1.165, 1.54) is 43.7 Å². The van der Waals surface area contributed by atoms with Crippen LogP contribution in [0, 0.1) is 0 Å². The Morgan fingerprint density at radius 1 is 0.966 bits per heavy atom. The zero-order valence-corrected chi connectivity index (χ0v) is 17.8. The van der Waals surface area contributed by atoms with Crippen molar-refractivity contribution in [2.75, 3.05) is 0 Å². The summed E-state index contributed by atoms with van der Waals surface area (Å²) < 4.78 is 5.26. The van der Waals surface area contributed by atoms with Gasteiger partial charge in [0.05, 0.1) is 0 Å². The molecule has 1 atom stereocenters. The predicted molar refractivity (Wildman–Crippen MR) is 118 cm³/mol. The molecule has 4 nitrogen and oxygen atoms in total. The molecule has 0 aliphatic rings. The van der Waals surface area contributed by atoms with Crippen molar-refractivity contribution in [1.82, 2.24) is 9.97 Å². The number of aryl methyl sites for hydroxylation is 1. The summed E-state index contributed by atoms with van der Waals surface area (Å²) in [5.74, 6) is -0.236. The van der Waals surface area contributed by atoms with E-state index in [1.807, 2.05) is 24.3 Å². The summed E-state index contributed by atoms with van der Waals surface area (Å²) >= 11 is 0. The fraction of sp³-hybridized carbons (Fsp3) is 0.480. The van der Waals surface area contributed by atoms with Gasteiger partial charge in [-0.1, -0.05) is 88.8 Å². The van der Waals surface area contributed by atoms with E-state index < -0.39 is 5.97 Å². The third kappa shape index (κ3) is 9.03. The van der Waals surface area contributed by atoms with Crippen LogP contribution in [0.5, 0.6) is 6.01 Å². The second kappa shape index (κ2) is 13.6. The molecule has 1 heterocycles. The Labute approximate surface area is 175 Å². The van der Waals surface area contributed by atoms with E-state index in [2.05, 4.69) is 35.9 Å². The van der Waals surface area contributed by atoms with Crippen molar-refractivity contribution in [3.63, 3.8) is 0 Å². The molecule has 1 unspecified atom stereocenters. The fourth-order valence-corrected chi connectivity index (χ4v) is 3.34. The van der Waals surface area contributed by atoms with Gasteiger partial charge in [-0.3, -0.25) is 0 Å². The number of ether oxygens (including phenoxy) is 1. The van der Waals surface area contributed by atoms with E-state index in [-0.39, 0.29) is 11.9 Å². The summed E-state index contributed by atoms with van der Waals surface area (Å²) in [6.07, 6.45) is 17.5. The van der Waals surface area contributed by atoms with Crippen LogP contribution in [0.2, 0.25) is 0 Å². The first-order valence-corrected chi connectivity index (χ1v) is 11.0. The van der Waals surface area contributed by atoms with E-state index >= 15 is 0 Å². The van der Waals surface area contributed by atoms with E-state index in [0.29, 0.717) is 0 Å². The van der Waals surface area contributed by atoms with Crippen LogP contribution in [0.4, 0.5) is 0 Å². The molecule has 0 radical (unpaired) electrons. The van der Waals surface area contributed by atoms with Crippen molar-refractivity contribution in [1.29, 1.82) is 0 Å². The van der Waals surface area contributed by atoms with Gasteiger partial charge >= 0.3 is 12.0 Å². The minimum absolute atomic E-state index is 0.109. The number of rotatable bonds is 13. The molecule has 2 aromatic rings. The van der Waals surface area contributed by atoms with Crippen LogP contribution in [-0.2, 0) is 11.2 Å². The van der Waals surface area contributed by atoms with Crippen LogP contribution in [-0.4, -0.2) is 15.9 Å². The first-order valence-electron chi connectivity index (χ1n) is 11.0. The fourth-order valence-electron chi connectivity index (χ4n) is 3.34. The average Bonchev–Trinajstić information content (AvgIpc) is 2.75. The maximum absolute atomic E-state index is 12.1. The van der Waals surface area contributed by atoms with Crippen LogP contribution in [0.1, 0.15) is 82.3 Å². The summed E-state index contributed by atoms with van der Waals surface area (Å²) in [5.41, 5.74) is 2.29. The van der Waals surface area contributed by atoms with Crippen LogP contribution < -0.4 is 4.74 Å². The SMILES string of the molecule is CCCCCCCCc1cnc(OC(=O)C=CC(CCC)c2ccccc2)nc1. The molecule has 0 N–H and O–H groups in total. The zero-order chi connectivity index (χ0) is 20.7. The summed E-state index contributed by atoms with van der Waals surface area (Å²) in [4.78, 5) is 20.5. The number of hydrogen-bond donors (Lipinski definition) is 0. The van der Waals surface area contributed by atoms with Crippen LogP contribution in [0.15, 0.2) is 54.9 Å². The lowest BCUT2D eigenvalue weighted by Gasteiger charge is -2.11. The number of hydrogen-bond acceptors (Lipinski definition) is 4. The van der Waals surface area contributed by atoms with Gasteiger partial charge in [0.1, 0.15) is 0 Å². The Balaban J connectivity index is 1.80. The number of allylic oxidation sites excluding steroid dienone is 1. The molecular weight excluding hydrogens is 360 g/mol. The molecule has 0 aliphatic heterocycles. The lowest BCUT2D eigenvalue weighted by atomic mass is 9.94. The van der Waals surface area contributed by atoms with Gasteiger partial charge in [-0.2, -0.15) is 0 Å². The standard InChI is InChI=1S/C25H34N2O2/c1-3-5-6-7-8-10-14-21-19-26-25(27-20-21)29-24(28)18-17-22(13-4-2)23-15-11-9-12-16-23/h9,11-12,15-20,22H,3-8,10,13-14H2,1-2H3. The summed E-state index contributed by atoms with van der Waals surface area (Å²) in [5, 5.41) is 0. The van der Waals surface area contributed by atoms with Gasteiger partial charge in [0.2, 0.25) is 0 Å². The normalized spacial score (nSPS) is 12.2. The van der Waals surface area contributed by atoms with Gasteiger partial charge in [-0.05, 0) is 30.4 Å². The quantitative estimate of drug-likeness (QED) is 0.223. The number of esters is 1. The molecule has 0 spiro atoms. The van der Waals surface area contributed by atoms with Crippen LogP contribution in [0.3, 0.4) is 0 Å². The monoisotopic (exact) mass is 394 g/mol. The number of nitrogens with zero attached hydrogens (tertiary/aromatic N) is 2. The zero-order valence-electron chi connectivity index (χ0n) is 17.8. The Morgan fingerprint density at radius 3 is 2.34 bits per heavy atom. The Hall–Kier alpha value is -2.49. The third-order valence-electron chi connectivity index (χ3n) is 4.98. The molecule has 1 aromatic heterocycles. The molecule has 1 aromatic carbocycles. The molecule has 0 saturated carbocycles. The number of unbranched alkanes of at least 4 members (excludes halogenated alkanes) is 5. The van der Waals surface area contributed by atoms with Crippen molar-refractivity contribution in [2.24, 2.45) is 0 Å². The largest absolute Gasteiger partial charge is 0.388 e. The predicted octanol–water partition coefficient (Wildman–Crippen LogP) is 6.43. The number of benzene rings is 1. The minimum atomic E-state index is -0.439. The van der Waals surface area contributed by atoms with Crippen molar-refractivity contribution in [2.45, 2.75) is 77.6 Å². The maximum Gasteiger partial charge on any atom is 0.338 e. The van der Waals surface area contributed by atoms with Gasteiger partial charge in [0.15, 0.2) is 0 Å². The topological polar surface area (TPSA) is 52.1 Å². The maximum atomic E-state index is 12.1. The van der Waals surface area contributed by atoms with Gasteiger partial charge in [0, 0.05) is 24.4 Å². The average molecular weight is 395 g/mol. The molecule has 0 aliphatic carbocycles. The molecule has 0 saturated heterocycles. The Morgan fingerprint density at radius 2 is 1.66 bits per heavy atom. The molecule has 156 valence electrons. The second-order valence-corrected chi connectivity index (χ2v) is 7.48. The molecule has 0 bridgehead atoms. The van der Waals surface area contributed by atoms with Crippen molar-refractivity contribution in [3.8, 4) is 6.01 Å². The Bertz CT molecular complexity index is 726. The van der Waals surface area contributed by atoms with Crippen LogP contribution in [0.25, 0.3) is 0 Å². The smallest absolute Gasteiger partial charge is 0.338 e. The highest BCUT2D eigenvalue weighted by atomic mass is 16.5. The molecule has 29 heavy (non-hydrogen) atoms. The van der Waals surface area contributed by atoms with E-state index in [4.69, 9.17) is 4.74 Å². The minimum Gasteiger partial charge on any atom is -0.388 e. The first kappa shape index (κ1) is 22.8. The highest BCUT2D eigenvalue weighted by molar-refractivity contribution is 5.83. The van der Waals surface area contributed by atoms with Crippen LogP contribution >= 0.6 is 0 Å². The van der Waals surface area contributed by atoms with Crippen molar-refractivity contribution < 1.29 is 9.53 Å². The molecule has 2 rings (SSSR count). The van der Waals surface area contributed by atoms with E-state index in [0.717, 1.165) is 31.2 Å². The molecule has 0 fully saturated rings. The number of aromatic nitrogens is 2. The summed E-state index contributed by atoms with van der Waals surface area (Å²) in [7, 11) is 0. The van der Waals surface area contributed by atoms with E-state index in [9.17, 15) is 4.79 Å². The van der Waals surface area contributed by atoms with Gasteiger partial charge < -0.3 is 4.74 Å². The van der Waals surface area contributed by atoms with Gasteiger partial charge in [-0.15, -0.1) is 0 Å². The molecule has 4 heteroatoms. The second-order valence-electron chi connectivity index (χ2n) is 7.48. The summed E-state index contributed by atoms with van der Waals surface area (Å²) in [6.45, 7) is 4.37. The summed E-state index contributed by atoms with van der Waals surface area (Å²) in [6, 6.07) is 10.3. The Kier molecular flexibility index (Phi) is 10.7. The highest BCUT2D eigenvalue weighted by Crippen LogP contribution is 2.22. The number of carbonyl (C=O) groups excluding carboxylic acids is 1. The van der Waals surface area contributed by atoms with Crippen molar-refractivity contribution in [3.05, 3.63) is 66.0 Å². The third-order valence-corrected chi connectivity index (χ3v) is 4.98. The number of carbonyl (C=O) groups is 1.